The predicted molar refractivity (Wildman–Crippen MR) is 313 cm³/mol. The third-order valence-corrected chi connectivity index (χ3v) is 16.7. The zero-order chi connectivity index (χ0) is 51.1. The molecule has 4 aromatic carbocycles. The average molecular weight is 1070 g/mol. The number of hydrogen-bond acceptors (Lipinski definition) is 0. The van der Waals surface area contributed by atoms with Crippen LogP contribution >= 0.6 is 0 Å². The summed E-state index contributed by atoms with van der Waals surface area (Å²) in [5, 5.41) is 0. The fourth-order valence-corrected chi connectivity index (χ4v) is 12.1. The molecule has 5 rings (SSSR count). The maximum absolute atomic E-state index is 12.2. The zero-order valence-corrected chi connectivity index (χ0v) is 48.5. The first-order valence-corrected chi connectivity index (χ1v) is 32.4. The minimum absolute atomic E-state index is 0.793. The van der Waals surface area contributed by atoms with E-state index in [1.165, 1.54) is 246 Å². The number of unbranched alkanes of at least 4 members (excludes halogenated alkanes) is 24. The molecule has 0 radical (unpaired) electrons. The van der Waals surface area contributed by atoms with Gasteiger partial charge in [0, 0.05) is 22.8 Å². The summed E-state index contributed by atoms with van der Waals surface area (Å²) in [4.78, 5) is 2.45. The first kappa shape index (κ1) is 61.2. The summed E-state index contributed by atoms with van der Waals surface area (Å²) in [7, 11) is 0. The van der Waals surface area contributed by atoms with E-state index in [1.54, 1.807) is 4.70 Å². The summed E-state index contributed by atoms with van der Waals surface area (Å²) >= 11 is 0.793. The number of rotatable bonds is 40. The molecule has 3 heteroatoms. The van der Waals surface area contributed by atoms with E-state index in [0.717, 1.165) is 61.5 Å². The molecule has 1 heterocycles. The van der Waals surface area contributed by atoms with Crippen LogP contribution in [0.1, 0.15) is 272 Å². The van der Waals surface area contributed by atoms with E-state index in [0.29, 0.717) is 0 Å². The topological polar surface area (TPSA) is 25.3 Å². The molecule has 0 unspecified atom stereocenters. The Morgan fingerprint density at radius 2 is 0.653 bits per heavy atom. The van der Waals surface area contributed by atoms with Gasteiger partial charge in [-0.3, -0.25) is 0 Å². The Labute approximate surface area is 452 Å². The fraction of sp³-hybridized carbons (Fsp3) is 0.594. The number of nitrogens with zero attached hydrogens (tertiary/aromatic N) is 2. The molecule has 0 spiro atoms. The van der Waals surface area contributed by atoms with Crippen molar-refractivity contribution in [1.29, 1.82) is 0 Å². The molecule has 1 aliphatic rings. The second kappa shape index (κ2) is 40.0. The van der Waals surface area contributed by atoms with Crippen LogP contribution in [0.15, 0.2) is 109 Å². The fourth-order valence-electron chi connectivity index (χ4n) is 10.3. The molecule has 400 valence electrons. The Morgan fingerprint density at radius 3 is 1.04 bits per heavy atom. The third kappa shape index (κ3) is 25.7. The molecule has 4 aromatic rings. The molecule has 2 nitrogen and oxygen atoms in total. The van der Waals surface area contributed by atoms with Gasteiger partial charge in [-0.1, -0.05) is 201 Å². The van der Waals surface area contributed by atoms with Crippen LogP contribution in [0, 0.1) is 0 Å². The van der Waals surface area contributed by atoms with E-state index < -0.39 is 0 Å². The van der Waals surface area contributed by atoms with Crippen molar-refractivity contribution in [3.05, 3.63) is 159 Å². The van der Waals surface area contributed by atoms with Gasteiger partial charge in [0.25, 0.3) is 0 Å². The summed E-state index contributed by atoms with van der Waals surface area (Å²) in [6.07, 6.45) is 46.8. The van der Waals surface area contributed by atoms with E-state index >= 15 is 0 Å². The van der Waals surface area contributed by atoms with E-state index in [9.17, 15) is 5.53 Å². The predicted octanol–water partition coefficient (Wildman–Crippen LogP) is 21.9. The van der Waals surface area contributed by atoms with Crippen LogP contribution in [0.5, 0.6) is 0 Å². The van der Waals surface area contributed by atoms with Gasteiger partial charge >= 0.3 is 99.6 Å². The van der Waals surface area contributed by atoms with Crippen LogP contribution in [0.4, 0.5) is 0 Å². The summed E-state index contributed by atoms with van der Waals surface area (Å²) in [5.74, 6) is 0. The Kier molecular flexibility index (Phi) is 34.0. The van der Waals surface area contributed by atoms with Crippen molar-refractivity contribution in [2.45, 2.75) is 263 Å². The van der Waals surface area contributed by atoms with Gasteiger partial charge in [0.05, 0.1) is 0 Å². The minimum atomic E-state index is 0.793. The molecule has 72 heavy (non-hydrogen) atoms. The number of benzene rings is 4. The van der Waals surface area contributed by atoms with Gasteiger partial charge in [-0.2, -0.15) is 0 Å². The molecule has 0 saturated heterocycles. The van der Waals surface area contributed by atoms with E-state index in [-0.39, 0.29) is 0 Å². The van der Waals surface area contributed by atoms with Crippen molar-refractivity contribution in [2.75, 3.05) is 0 Å². The van der Waals surface area contributed by atoms with Gasteiger partial charge in [-0.25, -0.2) is 4.70 Å². The van der Waals surface area contributed by atoms with Gasteiger partial charge in [-0.15, -0.1) is 0 Å². The number of aryl methyl sites for hydroxylation is 4. The Balaban J connectivity index is 0.000000632. The maximum atomic E-state index is 12.2. The van der Waals surface area contributed by atoms with Crippen LogP contribution in [0.3, 0.4) is 0 Å². The van der Waals surface area contributed by atoms with Crippen molar-refractivity contribution in [3.8, 4) is 0 Å². The summed E-state index contributed by atoms with van der Waals surface area (Å²) < 4.78 is 1.59. The first-order chi connectivity index (χ1) is 35.5. The second-order valence-electron chi connectivity index (χ2n) is 21.4. The Bertz CT molecular complexity index is 2020. The van der Waals surface area contributed by atoms with Crippen LogP contribution in [-0.4, -0.2) is 4.70 Å². The molecular weight excluding hydrogens is 963 g/mol. The zero-order valence-electron chi connectivity index (χ0n) is 47.0. The van der Waals surface area contributed by atoms with Gasteiger partial charge in [0.2, 0.25) is 11.4 Å². The summed E-state index contributed by atoms with van der Waals surface area (Å²) in [6, 6.07) is 35.9. The van der Waals surface area contributed by atoms with Gasteiger partial charge < -0.3 is 5.53 Å². The Morgan fingerprint density at radius 1 is 0.333 bits per heavy atom. The molecular formula is C69H104N2Pd. The van der Waals surface area contributed by atoms with Crippen molar-refractivity contribution in [1.82, 2.24) is 0 Å². The molecule has 1 aliphatic heterocycles. The normalized spacial score (nSPS) is 12.5. The molecule has 0 N–H and O–H groups in total. The average Bonchev–Trinajstić information content (AvgIpc) is 3.74. The first-order valence-electron chi connectivity index (χ1n) is 30.2. The standard InChI is InChI=1S/C55H90N2.2C7H7.Pd/c1-6-11-16-17-18-19-20-21-22-23-24-25-26-27-28-29-30-31-34-39-51-46-54(52-42-47(35-14-9-4)40-49(43-52)37-32-12-7-2)57(56)55(51)53-44-48(36-15-10-5)41-50(45-53)38-33-13-8-3;2*1-7-5-3-2-4-6-7;/h40-46H,6-39H2,1-5H3;2*2-6H,1H2;. The van der Waals surface area contributed by atoms with Crippen LogP contribution in [0.2, 0.25) is 0 Å². The monoisotopic (exact) mass is 1070 g/mol. The van der Waals surface area contributed by atoms with Crippen LogP contribution in [-0.2, 0) is 53.5 Å². The number of hydrogen-bond donors (Lipinski definition) is 0. The van der Waals surface area contributed by atoms with Crippen molar-refractivity contribution >= 4 is 11.4 Å². The quantitative estimate of drug-likeness (QED) is 0.0241. The molecule has 0 aromatic heterocycles. The summed E-state index contributed by atoms with van der Waals surface area (Å²) in [5.41, 5.74) is 26.6. The summed E-state index contributed by atoms with van der Waals surface area (Å²) in [6.45, 7) is 11.5. The van der Waals surface area contributed by atoms with E-state index in [2.05, 4.69) is 138 Å². The molecule has 0 saturated carbocycles. The van der Waals surface area contributed by atoms with Crippen LogP contribution in [0.25, 0.3) is 16.9 Å². The van der Waals surface area contributed by atoms with Gasteiger partial charge in [0.15, 0.2) is 0 Å². The van der Waals surface area contributed by atoms with Gasteiger partial charge in [-0.05, 0) is 111 Å². The van der Waals surface area contributed by atoms with Crippen LogP contribution < -0.4 is 0 Å². The second-order valence-corrected chi connectivity index (χ2v) is 23.3. The molecule has 0 fully saturated rings. The third-order valence-electron chi connectivity index (χ3n) is 14.7. The van der Waals surface area contributed by atoms with Crippen molar-refractivity contribution in [2.24, 2.45) is 0 Å². The molecule has 0 bridgehead atoms. The molecule has 0 amide bonds. The number of allylic oxidation sites excluding steroid dienone is 2. The van der Waals surface area contributed by atoms with Crippen molar-refractivity contribution in [3.63, 3.8) is 0 Å². The molecule has 0 atom stereocenters. The van der Waals surface area contributed by atoms with Crippen molar-refractivity contribution < 1.29 is 22.7 Å². The van der Waals surface area contributed by atoms with Gasteiger partial charge in [0.1, 0.15) is 0 Å². The Hall–Kier alpha value is -3.38. The SMILES string of the molecule is CCCCCCCCCCCCCCCCCCCCCC1=C(c2cc(CCCC)cc(CCCCC)c2)[N+](=[N-])C(c2cc(CCCC)cc(CCCCC)c2)=C1.c1ccc([CH2][Pd][CH2]c2ccccc2)cc1. The van der Waals surface area contributed by atoms with E-state index in [4.69, 9.17) is 0 Å². The molecule has 0 aliphatic carbocycles. The van der Waals surface area contributed by atoms with E-state index in [1.807, 2.05) is 0 Å².